The summed E-state index contributed by atoms with van der Waals surface area (Å²) < 4.78 is 27.7. The molecule has 0 bridgehead atoms. The molecule has 29 heavy (non-hydrogen) atoms. The maximum atomic E-state index is 13.2. The van der Waals surface area contributed by atoms with Gasteiger partial charge in [-0.1, -0.05) is 48.5 Å². The van der Waals surface area contributed by atoms with Gasteiger partial charge in [-0.25, -0.2) is 13.1 Å². The number of amides is 1. The standard InChI is InChI=1S/C22H25N3O3S/c1-29(27,28)23-18-11-13-24(14-12-18)22(26)20-16-25(15-17-7-3-2-4-8-17)21-10-6-5-9-19(20)21/h2-10,16,18,23H,11-15H2,1H3. The Balaban J connectivity index is 1.56. The maximum Gasteiger partial charge on any atom is 0.256 e. The molecular weight excluding hydrogens is 386 g/mol. The van der Waals surface area contributed by atoms with Crippen LogP contribution >= 0.6 is 0 Å². The molecule has 152 valence electrons. The van der Waals surface area contributed by atoms with E-state index in [1.165, 1.54) is 11.8 Å². The van der Waals surface area contributed by atoms with Crippen molar-refractivity contribution >= 4 is 26.8 Å². The summed E-state index contributed by atoms with van der Waals surface area (Å²) in [6, 6.07) is 18.0. The Hall–Kier alpha value is -2.64. The van der Waals surface area contributed by atoms with Crippen molar-refractivity contribution in [2.24, 2.45) is 0 Å². The van der Waals surface area contributed by atoms with Gasteiger partial charge in [0, 0.05) is 42.8 Å². The van der Waals surface area contributed by atoms with E-state index in [2.05, 4.69) is 21.4 Å². The number of sulfonamides is 1. The van der Waals surface area contributed by atoms with E-state index in [4.69, 9.17) is 0 Å². The fraction of sp³-hybridized carbons (Fsp3) is 0.318. The average Bonchev–Trinajstić information content (AvgIpc) is 3.06. The highest BCUT2D eigenvalue weighted by atomic mass is 32.2. The van der Waals surface area contributed by atoms with Gasteiger partial charge in [0.15, 0.2) is 0 Å². The van der Waals surface area contributed by atoms with Crippen molar-refractivity contribution in [3.8, 4) is 0 Å². The Morgan fingerprint density at radius 2 is 1.69 bits per heavy atom. The van der Waals surface area contributed by atoms with E-state index in [1.807, 2.05) is 53.6 Å². The second kappa shape index (κ2) is 8.00. The Bertz CT molecular complexity index is 1110. The van der Waals surface area contributed by atoms with E-state index in [1.54, 1.807) is 0 Å². The van der Waals surface area contributed by atoms with E-state index in [9.17, 15) is 13.2 Å². The second-order valence-electron chi connectivity index (χ2n) is 7.63. The van der Waals surface area contributed by atoms with Crippen molar-refractivity contribution in [3.63, 3.8) is 0 Å². The smallest absolute Gasteiger partial charge is 0.256 e. The van der Waals surface area contributed by atoms with E-state index in [0.717, 1.165) is 10.9 Å². The zero-order valence-electron chi connectivity index (χ0n) is 16.4. The van der Waals surface area contributed by atoms with Crippen LogP contribution in [0.25, 0.3) is 10.9 Å². The molecule has 0 atom stereocenters. The zero-order chi connectivity index (χ0) is 20.4. The lowest BCUT2D eigenvalue weighted by Gasteiger charge is -2.31. The highest BCUT2D eigenvalue weighted by Crippen LogP contribution is 2.25. The normalized spacial score (nSPS) is 15.7. The first kappa shape index (κ1) is 19.7. The Morgan fingerprint density at radius 3 is 2.38 bits per heavy atom. The number of carbonyl (C=O) groups is 1. The predicted octanol–water partition coefficient (Wildman–Crippen LogP) is 2.84. The van der Waals surface area contributed by atoms with Gasteiger partial charge in [0.25, 0.3) is 5.91 Å². The molecule has 0 unspecified atom stereocenters. The summed E-state index contributed by atoms with van der Waals surface area (Å²) >= 11 is 0. The lowest BCUT2D eigenvalue weighted by atomic mass is 10.0. The van der Waals surface area contributed by atoms with E-state index in [0.29, 0.717) is 38.0 Å². The number of nitrogens with one attached hydrogen (secondary N) is 1. The summed E-state index contributed by atoms with van der Waals surface area (Å²) in [7, 11) is -3.23. The molecule has 0 aliphatic carbocycles. The molecule has 2 aromatic carbocycles. The van der Waals surface area contributed by atoms with Gasteiger partial charge in [0.1, 0.15) is 0 Å². The van der Waals surface area contributed by atoms with Crippen molar-refractivity contribution in [1.29, 1.82) is 0 Å². The second-order valence-corrected chi connectivity index (χ2v) is 9.41. The fourth-order valence-corrected chi connectivity index (χ4v) is 4.84. The molecule has 6 nitrogen and oxygen atoms in total. The van der Waals surface area contributed by atoms with Crippen molar-refractivity contribution < 1.29 is 13.2 Å². The van der Waals surface area contributed by atoms with Gasteiger partial charge in [-0.05, 0) is 24.5 Å². The van der Waals surface area contributed by atoms with Crippen molar-refractivity contribution in [3.05, 3.63) is 71.9 Å². The van der Waals surface area contributed by atoms with Crippen molar-refractivity contribution in [1.82, 2.24) is 14.2 Å². The average molecular weight is 412 g/mol. The van der Waals surface area contributed by atoms with Crippen LogP contribution in [0.4, 0.5) is 0 Å². The van der Waals surface area contributed by atoms with Gasteiger partial charge < -0.3 is 9.47 Å². The summed E-state index contributed by atoms with van der Waals surface area (Å²) in [4.78, 5) is 15.1. The molecule has 0 saturated carbocycles. The molecule has 1 saturated heterocycles. The van der Waals surface area contributed by atoms with Crippen LogP contribution in [0.1, 0.15) is 28.8 Å². The monoisotopic (exact) mass is 411 g/mol. The van der Waals surface area contributed by atoms with Gasteiger partial charge in [-0.3, -0.25) is 4.79 Å². The molecule has 0 radical (unpaired) electrons. The number of aromatic nitrogens is 1. The molecule has 3 aromatic rings. The SMILES string of the molecule is CS(=O)(=O)NC1CCN(C(=O)c2cn(Cc3ccccc3)c3ccccc23)CC1. The molecule has 1 N–H and O–H groups in total. The lowest BCUT2D eigenvalue weighted by molar-refractivity contribution is 0.0713. The van der Waals surface area contributed by atoms with Crippen LogP contribution in [-0.4, -0.2) is 49.2 Å². The first-order valence-corrected chi connectivity index (χ1v) is 11.7. The molecule has 1 aromatic heterocycles. The Kier molecular flexibility index (Phi) is 5.43. The number of para-hydroxylation sites is 1. The molecule has 4 rings (SSSR count). The third-order valence-electron chi connectivity index (χ3n) is 5.38. The number of nitrogens with zero attached hydrogens (tertiary/aromatic N) is 2. The minimum Gasteiger partial charge on any atom is -0.342 e. The third-order valence-corrected chi connectivity index (χ3v) is 6.14. The van der Waals surface area contributed by atoms with Gasteiger partial charge in [-0.2, -0.15) is 0 Å². The largest absolute Gasteiger partial charge is 0.342 e. The summed E-state index contributed by atoms with van der Waals surface area (Å²) in [5, 5.41) is 0.949. The number of rotatable bonds is 5. The topological polar surface area (TPSA) is 71.4 Å². The van der Waals surface area contributed by atoms with Crippen LogP contribution in [0.3, 0.4) is 0 Å². The molecule has 7 heteroatoms. The van der Waals surface area contributed by atoms with Crippen LogP contribution in [0.15, 0.2) is 60.8 Å². The molecule has 0 spiro atoms. The minimum absolute atomic E-state index is 0.00539. The molecule has 1 aliphatic heterocycles. The van der Waals surface area contributed by atoms with Crippen LogP contribution in [0.5, 0.6) is 0 Å². The summed E-state index contributed by atoms with van der Waals surface area (Å²) in [5.74, 6) is 0.00539. The Labute approximate surface area is 171 Å². The van der Waals surface area contributed by atoms with Gasteiger partial charge in [-0.15, -0.1) is 0 Å². The van der Waals surface area contributed by atoms with Gasteiger partial charge in [0.05, 0.1) is 11.8 Å². The quantitative estimate of drug-likeness (QED) is 0.702. The third kappa shape index (κ3) is 4.52. The van der Waals surface area contributed by atoms with E-state index >= 15 is 0 Å². The summed E-state index contributed by atoms with van der Waals surface area (Å²) in [5.41, 5.74) is 2.92. The number of carbonyl (C=O) groups excluding carboxylic acids is 1. The van der Waals surface area contributed by atoms with Crippen molar-refractivity contribution in [2.45, 2.75) is 25.4 Å². The van der Waals surface area contributed by atoms with E-state index in [-0.39, 0.29) is 11.9 Å². The summed E-state index contributed by atoms with van der Waals surface area (Å²) in [6.45, 7) is 1.80. The van der Waals surface area contributed by atoms with Crippen LogP contribution in [-0.2, 0) is 16.6 Å². The summed E-state index contributed by atoms with van der Waals surface area (Å²) in [6.07, 6.45) is 4.37. The van der Waals surface area contributed by atoms with Gasteiger partial charge >= 0.3 is 0 Å². The molecule has 1 fully saturated rings. The highest BCUT2D eigenvalue weighted by molar-refractivity contribution is 7.88. The number of hydrogen-bond donors (Lipinski definition) is 1. The predicted molar refractivity (Wildman–Crippen MR) is 114 cm³/mol. The van der Waals surface area contributed by atoms with Crippen molar-refractivity contribution in [2.75, 3.05) is 19.3 Å². The number of hydrogen-bond acceptors (Lipinski definition) is 3. The number of likely N-dealkylation sites (tertiary alicyclic amines) is 1. The zero-order valence-corrected chi connectivity index (χ0v) is 17.2. The van der Waals surface area contributed by atoms with E-state index < -0.39 is 10.0 Å². The van der Waals surface area contributed by atoms with Crippen LogP contribution in [0.2, 0.25) is 0 Å². The molecular formula is C22H25N3O3S. The first-order chi connectivity index (χ1) is 13.9. The first-order valence-electron chi connectivity index (χ1n) is 9.79. The number of piperidine rings is 1. The van der Waals surface area contributed by atoms with Crippen LogP contribution in [0, 0.1) is 0 Å². The molecule has 1 aliphatic rings. The van der Waals surface area contributed by atoms with Crippen LogP contribution < -0.4 is 4.72 Å². The number of benzene rings is 2. The lowest BCUT2D eigenvalue weighted by Crippen LogP contribution is -2.46. The van der Waals surface area contributed by atoms with Gasteiger partial charge in [0.2, 0.25) is 10.0 Å². The maximum absolute atomic E-state index is 13.2. The molecule has 2 heterocycles. The number of fused-ring (bicyclic) bond motifs is 1. The minimum atomic E-state index is -3.23. The Morgan fingerprint density at radius 1 is 1.03 bits per heavy atom. The molecule has 1 amide bonds. The fourth-order valence-electron chi connectivity index (χ4n) is 4.00. The highest BCUT2D eigenvalue weighted by Gasteiger charge is 2.27.